The van der Waals surface area contributed by atoms with E-state index in [1.54, 1.807) is 0 Å². The average molecular weight is 374 g/mol. The summed E-state index contributed by atoms with van der Waals surface area (Å²) in [6, 6.07) is 9.43. The second-order valence-electron chi connectivity index (χ2n) is 6.36. The zero-order valence-electron chi connectivity index (χ0n) is 15.2. The van der Waals surface area contributed by atoms with Gasteiger partial charge in [-0.1, -0.05) is 23.7 Å². The number of nitrogens with zero attached hydrogens (tertiary/aromatic N) is 4. The van der Waals surface area contributed by atoms with Crippen molar-refractivity contribution < 1.29 is 4.79 Å². The van der Waals surface area contributed by atoms with Crippen LogP contribution in [-0.2, 0) is 11.2 Å². The molecule has 1 saturated heterocycles. The Bertz CT molecular complexity index is 757. The number of aryl methyl sites for hydroxylation is 1. The van der Waals surface area contributed by atoms with E-state index < -0.39 is 0 Å². The van der Waals surface area contributed by atoms with E-state index >= 15 is 0 Å². The molecule has 0 saturated carbocycles. The van der Waals surface area contributed by atoms with Gasteiger partial charge in [-0.15, -0.1) is 0 Å². The smallest absolute Gasteiger partial charge is 0.227 e. The summed E-state index contributed by atoms with van der Waals surface area (Å²) in [6.07, 6.45) is 0.411. The van der Waals surface area contributed by atoms with Crippen LogP contribution in [0, 0.1) is 6.92 Å². The van der Waals surface area contributed by atoms with Crippen LogP contribution in [-0.4, -0.2) is 53.5 Å². The molecule has 0 spiro atoms. The van der Waals surface area contributed by atoms with Crippen molar-refractivity contribution in [2.75, 3.05) is 42.9 Å². The van der Waals surface area contributed by atoms with Crippen LogP contribution in [0.1, 0.15) is 18.3 Å². The van der Waals surface area contributed by atoms with Crippen molar-refractivity contribution in [3.63, 3.8) is 0 Å². The second-order valence-corrected chi connectivity index (χ2v) is 6.80. The predicted octanol–water partition coefficient (Wildman–Crippen LogP) is 2.76. The van der Waals surface area contributed by atoms with Gasteiger partial charge in [0, 0.05) is 43.8 Å². The van der Waals surface area contributed by atoms with Crippen LogP contribution in [0.5, 0.6) is 0 Å². The molecular weight excluding hydrogens is 350 g/mol. The third kappa shape index (κ3) is 4.64. The van der Waals surface area contributed by atoms with E-state index in [-0.39, 0.29) is 5.91 Å². The molecule has 0 atom stereocenters. The topological polar surface area (TPSA) is 61.4 Å². The molecule has 2 aromatic rings. The fraction of sp³-hybridized carbons (Fsp3) is 0.421. The second kappa shape index (κ2) is 8.36. The van der Waals surface area contributed by atoms with Crippen LogP contribution in [0.4, 0.5) is 11.6 Å². The largest absolute Gasteiger partial charge is 0.370 e. The van der Waals surface area contributed by atoms with Gasteiger partial charge in [-0.2, -0.15) is 0 Å². The first kappa shape index (κ1) is 18.5. The lowest BCUT2D eigenvalue weighted by Crippen LogP contribution is -2.49. The molecule has 2 heterocycles. The minimum Gasteiger partial charge on any atom is -0.370 e. The molecule has 1 aromatic heterocycles. The molecule has 1 aliphatic rings. The Kier molecular flexibility index (Phi) is 5.93. The summed E-state index contributed by atoms with van der Waals surface area (Å²) in [4.78, 5) is 25.6. The summed E-state index contributed by atoms with van der Waals surface area (Å²) in [5, 5.41) is 3.92. The molecular formula is C19H24ClN5O. The van der Waals surface area contributed by atoms with E-state index in [1.807, 2.05) is 49.1 Å². The maximum atomic E-state index is 12.5. The van der Waals surface area contributed by atoms with Crippen LogP contribution >= 0.6 is 11.6 Å². The van der Waals surface area contributed by atoms with Crippen LogP contribution < -0.4 is 10.2 Å². The molecule has 1 aromatic carbocycles. The van der Waals surface area contributed by atoms with Crippen LogP contribution in [0.25, 0.3) is 0 Å². The standard InChI is InChI=1S/C19H24ClN5O/c1-3-21-17-13-18(23-14(2)22-17)24-8-10-25(11-9-24)19(26)12-15-4-6-16(20)7-5-15/h4-7,13H,3,8-12H2,1-2H3,(H,21,22,23). The summed E-state index contributed by atoms with van der Waals surface area (Å²) in [5.74, 6) is 2.66. The quantitative estimate of drug-likeness (QED) is 0.873. The number of nitrogens with one attached hydrogen (secondary N) is 1. The number of rotatable bonds is 5. The maximum Gasteiger partial charge on any atom is 0.227 e. The summed E-state index contributed by atoms with van der Waals surface area (Å²) in [5.41, 5.74) is 0.989. The van der Waals surface area contributed by atoms with Gasteiger partial charge >= 0.3 is 0 Å². The Hall–Kier alpha value is -2.34. The van der Waals surface area contributed by atoms with Crippen molar-refractivity contribution in [2.24, 2.45) is 0 Å². The molecule has 1 amide bonds. The number of benzene rings is 1. The Balaban J connectivity index is 1.58. The maximum absolute atomic E-state index is 12.5. The van der Waals surface area contributed by atoms with Crippen LogP contribution in [0.3, 0.4) is 0 Å². The van der Waals surface area contributed by atoms with Gasteiger partial charge in [-0.05, 0) is 31.5 Å². The average Bonchev–Trinajstić information content (AvgIpc) is 2.63. The van der Waals surface area contributed by atoms with Crippen LogP contribution in [0.15, 0.2) is 30.3 Å². The molecule has 0 radical (unpaired) electrons. The number of carbonyl (C=O) groups excluding carboxylic acids is 1. The summed E-state index contributed by atoms with van der Waals surface area (Å²) >= 11 is 5.90. The Morgan fingerprint density at radius 2 is 1.85 bits per heavy atom. The van der Waals surface area contributed by atoms with E-state index in [2.05, 4.69) is 20.2 Å². The molecule has 1 aliphatic heterocycles. The van der Waals surface area contributed by atoms with Gasteiger partial charge in [0.2, 0.25) is 5.91 Å². The highest BCUT2D eigenvalue weighted by Gasteiger charge is 2.22. The van der Waals surface area contributed by atoms with E-state index in [0.29, 0.717) is 24.5 Å². The van der Waals surface area contributed by atoms with E-state index in [4.69, 9.17) is 11.6 Å². The van der Waals surface area contributed by atoms with Gasteiger partial charge in [0.1, 0.15) is 17.5 Å². The van der Waals surface area contributed by atoms with E-state index in [0.717, 1.165) is 42.7 Å². The molecule has 1 fully saturated rings. The number of hydrogen-bond acceptors (Lipinski definition) is 5. The van der Waals surface area contributed by atoms with Crippen molar-refractivity contribution in [1.82, 2.24) is 14.9 Å². The van der Waals surface area contributed by atoms with Crippen molar-refractivity contribution in [2.45, 2.75) is 20.3 Å². The molecule has 26 heavy (non-hydrogen) atoms. The summed E-state index contributed by atoms with van der Waals surface area (Å²) < 4.78 is 0. The highest BCUT2D eigenvalue weighted by Crippen LogP contribution is 2.18. The van der Waals surface area contributed by atoms with E-state index in [1.165, 1.54) is 0 Å². The first-order valence-corrected chi connectivity index (χ1v) is 9.29. The number of piperazine rings is 1. The highest BCUT2D eigenvalue weighted by molar-refractivity contribution is 6.30. The van der Waals surface area contributed by atoms with Gasteiger partial charge in [0.25, 0.3) is 0 Å². The normalized spacial score (nSPS) is 14.4. The number of amides is 1. The lowest BCUT2D eigenvalue weighted by molar-refractivity contribution is -0.130. The number of hydrogen-bond donors (Lipinski definition) is 1. The molecule has 0 unspecified atom stereocenters. The fourth-order valence-electron chi connectivity index (χ4n) is 3.06. The molecule has 0 bridgehead atoms. The lowest BCUT2D eigenvalue weighted by Gasteiger charge is -2.35. The van der Waals surface area contributed by atoms with Gasteiger partial charge < -0.3 is 15.1 Å². The number of carbonyl (C=O) groups is 1. The molecule has 6 nitrogen and oxygen atoms in total. The van der Waals surface area contributed by atoms with Crippen molar-refractivity contribution in [3.8, 4) is 0 Å². The first-order chi connectivity index (χ1) is 12.5. The molecule has 3 rings (SSSR count). The minimum atomic E-state index is 0.152. The Morgan fingerprint density at radius 3 is 2.50 bits per heavy atom. The van der Waals surface area contributed by atoms with Gasteiger partial charge in [0.05, 0.1) is 6.42 Å². The monoisotopic (exact) mass is 373 g/mol. The summed E-state index contributed by atoms with van der Waals surface area (Å²) in [6.45, 7) is 7.71. The third-order valence-corrected chi connectivity index (χ3v) is 4.66. The van der Waals surface area contributed by atoms with Gasteiger partial charge in [-0.25, -0.2) is 9.97 Å². The Morgan fingerprint density at radius 1 is 1.15 bits per heavy atom. The van der Waals surface area contributed by atoms with E-state index in [9.17, 15) is 4.79 Å². The zero-order chi connectivity index (χ0) is 18.5. The number of aromatic nitrogens is 2. The predicted molar refractivity (Wildman–Crippen MR) is 105 cm³/mol. The minimum absolute atomic E-state index is 0.152. The highest BCUT2D eigenvalue weighted by atomic mass is 35.5. The Labute approximate surface area is 159 Å². The van der Waals surface area contributed by atoms with Crippen molar-refractivity contribution >= 4 is 29.1 Å². The number of anilines is 2. The zero-order valence-corrected chi connectivity index (χ0v) is 16.0. The third-order valence-electron chi connectivity index (χ3n) is 4.41. The van der Waals surface area contributed by atoms with Crippen LogP contribution in [0.2, 0.25) is 5.02 Å². The number of halogens is 1. The molecule has 138 valence electrons. The van der Waals surface area contributed by atoms with Crippen molar-refractivity contribution in [3.05, 3.63) is 46.7 Å². The lowest BCUT2D eigenvalue weighted by atomic mass is 10.1. The molecule has 0 aliphatic carbocycles. The molecule has 7 heteroatoms. The first-order valence-electron chi connectivity index (χ1n) is 8.92. The van der Waals surface area contributed by atoms with Gasteiger partial charge in [-0.3, -0.25) is 4.79 Å². The molecule has 1 N–H and O–H groups in total. The van der Waals surface area contributed by atoms with Gasteiger partial charge in [0.15, 0.2) is 0 Å². The fourth-order valence-corrected chi connectivity index (χ4v) is 3.19. The summed E-state index contributed by atoms with van der Waals surface area (Å²) in [7, 11) is 0. The SMILES string of the molecule is CCNc1cc(N2CCN(C(=O)Cc3ccc(Cl)cc3)CC2)nc(C)n1. The van der Waals surface area contributed by atoms with Crippen molar-refractivity contribution in [1.29, 1.82) is 0 Å².